The highest BCUT2D eigenvalue weighted by molar-refractivity contribution is 5.38. The van der Waals surface area contributed by atoms with Crippen LogP contribution < -0.4 is 10.6 Å². The summed E-state index contributed by atoms with van der Waals surface area (Å²) in [5.41, 5.74) is -1.89. The summed E-state index contributed by atoms with van der Waals surface area (Å²) in [6.07, 6.45) is -3.73. The van der Waals surface area contributed by atoms with E-state index in [0.29, 0.717) is 18.2 Å². The van der Waals surface area contributed by atoms with E-state index in [-0.39, 0.29) is 18.5 Å². The summed E-state index contributed by atoms with van der Waals surface area (Å²) in [6.45, 7) is -0.158. The van der Waals surface area contributed by atoms with E-state index in [1.165, 1.54) is 35.2 Å². The SMILES string of the molecule is CN(C#N)C(NC(Cn1ccnc1)c1cc(C(F)(F)F)ccc1C(F)(F)F)N[C@H]1C[C@@H]1c1ccccc1. The van der Waals surface area contributed by atoms with Crippen LogP contribution in [0.5, 0.6) is 0 Å². The fourth-order valence-electron chi connectivity index (χ4n) is 4.30. The maximum absolute atomic E-state index is 13.9. The van der Waals surface area contributed by atoms with Crippen molar-refractivity contribution in [2.45, 2.75) is 49.6 Å². The summed E-state index contributed by atoms with van der Waals surface area (Å²) in [5.74, 6) is 0.143. The minimum Gasteiger partial charge on any atom is -0.336 e. The molecule has 3 aromatic rings. The van der Waals surface area contributed by atoms with Crippen molar-refractivity contribution < 1.29 is 26.3 Å². The zero-order chi connectivity index (χ0) is 26.8. The van der Waals surface area contributed by atoms with Crippen LogP contribution in [0.1, 0.15) is 40.6 Å². The molecule has 12 heteroatoms. The Bertz CT molecular complexity index is 1220. The lowest BCUT2D eigenvalue weighted by molar-refractivity contribution is -0.142. The Balaban J connectivity index is 1.68. The van der Waals surface area contributed by atoms with Crippen LogP contribution >= 0.6 is 0 Å². The smallest absolute Gasteiger partial charge is 0.336 e. The Morgan fingerprint density at radius 3 is 2.43 bits per heavy atom. The van der Waals surface area contributed by atoms with E-state index in [9.17, 15) is 31.6 Å². The molecule has 1 heterocycles. The first kappa shape index (κ1) is 26.5. The van der Waals surface area contributed by atoms with Gasteiger partial charge in [-0.2, -0.15) is 31.6 Å². The van der Waals surface area contributed by atoms with Gasteiger partial charge in [0.1, 0.15) is 6.29 Å². The van der Waals surface area contributed by atoms with Gasteiger partial charge < -0.3 is 4.57 Å². The minimum absolute atomic E-state index is 0.0757. The maximum atomic E-state index is 13.9. The summed E-state index contributed by atoms with van der Waals surface area (Å²) in [7, 11) is 1.44. The molecule has 0 spiro atoms. The third-order valence-corrected chi connectivity index (χ3v) is 6.31. The van der Waals surface area contributed by atoms with Crippen LogP contribution in [0.2, 0.25) is 0 Å². The zero-order valence-corrected chi connectivity index (χ0v) is 19.6. The number of hydrogen-bond acceptors (Lipinski definition) is 5. The average Bonchev–Trinajstić information content (AvgIpc) is 3.43. The van der Waals surface area contributed by atoms with Crippen LogP contribution in [-0.4, -0.2) is 33.8 Å². The van der Waals surface area contributed by atoms with Gasteiger partial charge in [-0.15, -0.1) is 0 Å². The van der Waals surface area contributed by atoms with Gasteiger partial charge >= 0.3 is 12.4 Å². The number of benzene rings is 2. The van der Waals surface area contributed by atoms with Crippen LogP contribution in [0.25, 0.3) is 0 Å². The molecule has 2 unspecified atom stereocenters. The number of rotatable bonds is 9. The van der Waals surface area contributed by atoms with Crippen LogP contribution in [-0.2, 0) is 18.9 Å². The highest BCUT2D eigenvalue weighted by atomic mass is 19.4. The van der Waals surface area contributed by atoms with Crippen LogP contribution in [0.4, 0.5) is 26.3 Å². The molecular weight excluding hydrogens is 498 g/mol. The van der Waals surface area contributed by atoms with Gasteiger partial charge in [-0.3, -0.25) is 15.5 Å². The second-order valence-electron chi connectivity index (χ2n) is 8.92. The van der Waals surface area contributed by atoms with Crippen LogP contribution in [0, 0.1) is 11.5 Å². The number of imidazole rings is 1. The molecule has 4 rings (SSSR count). The number of aromatic nitrogens is 2. The van der Waals surface area contributed by atoms with Crippen molar-refractivity contribution in [1.29, 1.82) is 5.26 Å². The average molecular weight is 522 g/mol. The van der Waals surface area contributed by atoms with E-state index in [2.05, 4.69) is 15.6 Å². The van der Waals surface area contributed by atoms with Gasteiger partial charge in [0.2, 0.25) is 0 Å². The summed E-state index contributed by atoms with van der Waals surface area (Å²) in [4.78, 5) is 5.07. The second kappa shape index (κ2) is 10.4. The monoisotopic (exact) mass is 522 g/mol. The van der Waals surface area contributed by atoms with Crippen LogP contribution in [0.15, 0.2) is 67.3 Å². The molecule has 0 amide bonds. The number of alkyl halides is 6. The molecule has 0 aliphatic heterocycles. The first-order chi connectivity index (χ1) is 17.5. The fourth-order valence-corrected chi connectivity index (χ4v) is 4.30. The van der Waals surface area contributed by atoms with Gasteiger partial charge in [0.05, 0.1) is 23.5 Å². The van der Waals surface area contributed by atoms with Crippen molar-refractivity contribution >= 4 is 0 Å². The van der Waals surface area contributed by atoms with E-state index in [1.54, 1.807) is 0 Å². The largest absolute Gasteiger partial charge is 0.416 e. The molecule has 1 aliphatic carbocycles. The molecule has 1 aliphatic rings. The Hall–Kier alpha value is -3.56. The Kier molecular flexibility index (Phi) is 7.47. The quantitative estimate of drug-likeness (QED) is 0.177. The predicted molar refractivity (Wildman–Crippen MR) is 122 cm³/mol. The molecule has 4 atom stereocenters. The van der Waals surface area contributed by atoms with Gasteiger partial charge in [-0.1, -0.05) is 30.3 Å². The van der Waals surface area contributed by atoms with Gasteiger partial charge in [0.15, 0.2) is 6.19 Å². The Morgan fingerprint density at radius 1 is 1.11 bits per heavy atom. The molecule has 2 aromatic carbocycles. The van der Waals surface area contributed by atoms with Crippen molar-refractivity contribution in [3.8, 4) is 6.19 Å². The van der Waals surface area contributed by atoms with Crippen molar-refractivity contribution in [1.82, 2.24) is 25.1 Å². The normalized spacial score (nSPS) is 19.2. The molecule has 0 radical (unpaired) electrons. The molecule has 0 bridgehead atoms. The van der Waals surface area contributed by atoms with Gasteiger partial charge in [0, 0.05) is 37.9 Å². The second-order valence-corrected chi connectivity index (χ2v) is 8.92. The molecule has 1 fully saturated rings. The highest BCUT2D eigenvalue weighted by Crippen LogP contribution is 2.42. The number of hydrogen-bond donors (Lipinski definition) is 2. The first-order valence-electron chi connectivity index (χ1n) is 11.4. The maximum Gasteiger partial charge on any atom is 0.416 e. The predicted octanol–water partition coefficient (Wildman–Crippen LogP) is 5.09. The van der Waals surface area contributed by atoms with E-state index in [0.717, 1.165) is 12.0 Å². The Labute approximate surface area is 209 Å². The molecule has 6 nitrogen and oxygen atoms in total. The van der Waals surface area contributed by atoms with E-state index < -0.39 is 41.4 Å². The molecule has 2 N–H and O–H groups in total. The lowest BCUT2D eigenvalue weighted by Crippen LogP contribution is -2.54. The van der Waals surface area contributed by atoms with E-state index in [4.69, 9.17) is 0 Å². The van der Waals surface area contributed by atoms with Gasteiger partial charge in [-0.05, 0) is 35.7 Å². The molecule has 0 saturated heterocycles. The third kappa shape index (κ3) is 6.42. The number of nitrogens with one attached hydrogen (secondary N) is 2. The number of nitrogens with zero attached hydrogens (tertiary/aromatic N) is 4. The zero-order valence-electron chi connectivity index (χ0n) is 19.6. The number of halogens is 6. The number of nitriles is 1. The minimum atomic E-state index is -4.90. The molecule has 196 valence electrons. The molecule has 1 saturated carbocycles. The molecule has 37 heavy (non-hydrogen) atoms. The van der Waals surface area contributed by atoms with Crippen LogP contribution in [0.3, 0.4) is 0 Å². The first-order valence-corrected chi connectivity index (χ1v) is 11.4. The standard InChI is InChI=1S/C25H24F6N6/c1-36(14-32)23(34-21-12-18(21)16-5-3-2-4-6-16)35-22(13-37-10-9-33-15-37)19-11-17(24(26,27)28)7-8-20(19)25(29,30)31/h2-11,15,18,21-23,34-35H,12-13H2,1H3/t18-,21+,22?,23?/m1/s1. The Morgan fingerprint density at radius 2 is 1.84 bits per heavy atom. The third-order valence-electron chi connectivity index (χ3n) is 6.31. The highest BCUT2D eigenvalue weighted by Gasteiger charge is 2.42. The van der Waals surface area contributed by atoms with E-state index >= 15 is 0 Å². The van der Waals surface area contributed by atoms with Crippen molar-refractivity contribution in [3.05, 3.63) is 89.5 Å². The lowest BCUT2D eigenvalue weighted by atomic mass is 9.96. The summed E-state index contributed by atoms with van der Waals surface area (Å²) >= 11 is 0. The van der Waals surface area contributed by atoms with Gasteiger partial charge in [-0.25, -0.2) is 4.98 Å². The van der Waals surface area contributed by atoms with Crippen molar-refractivity contribution in [2.24, 2.45) is 0 Å². The topological polar surface area (TPSA) is 68.9 Å². The fraction of sp³-hybridized carbons (Fsp3) is 0.360. The molecule has 1 aromatic heterocycles. The summed E-state index contributed by atoms with van der Waals surface area (Å²) in [5, 5.41) is 15.8. The summed E-state index contributed by atoms with van der Waals surface area (Å²) < 4.78 is 83.7. The lowest BCUT2D eigenvalue weighted by Gasteiger charge is -2.32. The molecular formula is C25H24F6N6. The van der Waals surface area contributed by atoms with E-state index in [1.807, 2.05) is 36.5 Å². The van der Waals surface area contributed by atoms with Crippen molar-refractivity contribution in [2.75, 3.05) is 7.05 Å². The summed E-state index contributed by atoms with van der Waals surface area (Å²) in [6, 6.07) is 9.66. The van der Waals surface area contributed by atoms with Gasteiger partial charge in [0.25, 0.3) is 0 Å². The van der Waals surface area contributed by atoms with Crippen molar-refractivity contribution in [3.63, 3.8) is 0 Å².